The lowest BCUT2D eigenvalue weighted by Gasteiger charge is -2.15. The molecule has 5 heteroatoms. The summed E-state index contributed by atoms with van der Waals surface area (Å²) in [6.07, 6.45) is 6.88. The van der Waals surface area contributed by atoms with Crippen molar-refractivity contribution in [3.63, 3.8) is 0 Å². The summed E-state index contributed by atoms with van der Waals surface area (Å²) in [5.74, 6) is 0.511. The number of nitrogens with zero attached hydrogens (tertiary/aromatic N) is 3. The Morgan fingerprint density at radius 2 is 2.37 bits per heavy atom. The summed E-state index contributed by atoms with van der Waals surface area (Å²) in [7, 11) is 2.00. The van der Waals surface area contributed by atoms with Crippen molar-refractivity contribution in [1.82, 2.24) is 9.97 Å². The van der Waals surface area contributed by atoms with Crippen LogP contribution in [-0.2, 0) is 6.54 Å². The number of aldehydes is 1. The number of carbonyl (C=O) groups is 1. The van der Waals surface area contributed by atoms with E-state index in [4.69, 9.17) is 0 Å². The molecule has 2 aromatic rings. The van der Waals surface area contributed by atoms with E-state index in [0.717, 1.165) is 46.9 Å². The normalized spacial score (nSPS) is 14.4. The van der Waals surface area contributed by atoms with Crippen LogP contribution in [0.25, 0.3) is 0 Å². The fourth-order valence-electron chi connectivity index (χ4n) is 2.06. The first-order valence-corrected chi connectivity index (χ1v) is 7.15. The maximum atomic E-state index is 11.1. The van der Waals surface area contributed by atoms with Gasteiger partial charge in [0, 0.05) is 31.9 Å². The van der Waals surface area contributed by atoms with Gasteiger partial charge in [-0.1, -0.05) is 17.4 Å². The summed E-state index contributed by atoms with van der Waals surface area (Å²) < 4.78 is 0. The topological polar surface area (TPSA) is 46.1 Å². The second kappa shape index (κ2) is 5.09. The molecule has 0 amide bonds. The minimum Gasteiger partial charge on any atom is -0.347 e. The molecule has 98 valence electrons. The zero-order valence-electron chi connectivity index (χ0n) is 10.7. The van der Waals surface area contributed by atoms with Gasteiger partial charge in [-0.15, -0.1) is 0 Å². The molecule has 0 aliphatic heterocycles. The minimum atomic E-state index is 0.511. The van der Waals surface area contributed by atoms with Crippen LogP contribution in [0.2, 0.25) is 0 Å². The van der Waals surface area contributed by atoms with Crippen molar-refractivity contribution in [3.8, 4) is 0 Å². The maximum absolute atomic E-state index is 11.1. The van der Waals surface area contributed by atoms with E-state index >= 15 is 0 Å². The molecule has 1 saturated carbocycles. The van der Waals surface area contributed by atoms with Gasteiger partial charge >= 0.3 is 0 Å². The second-order valence-electron chi connectivity index (χ2n) is 4.86. The van der Waals surface area contributed by atoms with Crippen LogP contribution < -0.4 is 4.90 Å². The van der Waals surface area contributed by atoms with Gasteiger partial charge in [-0.2, -0.15) is 0 Å². The van der Waals surface area contributed by atoms with Crippen molar-refractivity contribution in [2.75, 3.05) is 11.9 Å². The Morgan fingerprint density at radius 1 is 1.53 bits per heavy atom. The molecule has 2 heterocycles. The number of anilines is 1. The molecular weight excluding hydrogens is 258 g/mol. The van der Waals surface area contributed by atoms with E-state index in [-0.39, 0.29) is 0 Å². The van der Waals surface area contributed by atoms with Gasteiger partial charge in [0.05, 0.1) is 10.6 Å². The van der Waals surface area contributed by atoms with Gasteiger partial charge in [0.1, 0.15) is 0 Å². The second-order valence-corrected chi connectivity index (χ2v) is 5.86. The number of thiazole rings is 1. The first-order chi connectivity index (χ1) is 9.28. The summed E-state index contributed by atoms with van der Waals surface area (Å²) >= 11 is 1.48. The zero-order valence-corrected chi connectivity index (χ0v) is 11.6. The monoisotopic (exact) mass is 273 g/mol. The third-order valence-corrected chi connectivity index (χ3v) is 4.32. The molecule has 0 radical (unpaired) electrons. The molecule has 1 fully saturated rings. The standard InChI is InChI=1S/C14H15N3OS/c1-17(8-10-3-2-6-15-7-10)14-16-13(11-4-5-11)12(9-18)19-14/h2-3,6-7,9,11H,4-5,8H2,1H3. The number of hydrogen-bond acceptors (Lipinski definition) is 5. The van der Waals surface area contributed by atoms with Crippen LogP contribution in [0.15, 0.2) is 24.5 Å². The van der Waals surface area contributed by atoms with Crippen LogP contribution >= 0.6 is 11.3 Å². The Kier molecular flexibility index (Phi) is 3.29. The third kappa shape index (κ3) is 2.66. The van der Waals surface area contributed by atoms with Crippen LogP contribution in [-0.4, -0.2) is 23.3 Å². The summed E-state index contributed by atoms with van der Waals surface area (Å²) in [6.45, 7) is 0.754. The lowest BCUT2D eigenvalue weighted by molar-refractivity contribution is 0.112. The lowest BCUT2D eigenvalue weighted by Crippen LogP contribution is -2.16. The molecule has 0 unspecified atom stereocenters. The van der Waals surface area contributed by atoms with E-state index in [1.54, 1.807) is 6.20 Å². The van der Waals surface area contributed by atoms with E-state index in [9.17, 15) is 4.79 Å². The number of carbonyl (C=O) groups excluding carboxylic acids is 1. The van der Waals surface area contributed by atoms with Gasteiger partial charge in [-0.05, 0) is 24.5 Å². The van der Waals surface area contributed by atoms with Gasteiger partial charge in [-0.25, -0.2) is 4.98 Å². The average Bonchev–Trinajstić information content (AvgIpc) is 3.19. The Hall–Kier alpha value is -1.75. The third-order valence-electron chi connectivity index (χ3n) is 3.21. The van der Waals surface area contributed by atoms with Crippen molar-refractivity contribution in [3.05, 3.63) is 40.7 Å². The number of pyridine rings is 1. The molecule has 0 aromatic carbocycles. The van der Waals surface area contributed by atoms with Crippen LogP contribution in [0.4, 0.5) is 5.13 Å². The molecule has 0 N–H and O–H groups in total. The highest BCUT2D eigenvalue weighted by Gasteiger charge is 2.30. The zero-order chi connectivity index (χ0) is 13.2. The van der Waals surface area contributed by atoms with Crippen molar-refractivity contribution < 1.29 is 4.79 Å². The Bertz CT molecular complexity index is 578. The maximum Gasteiger partial charge on any atom is 0.186 e. The van der Waals surface area contributed by atoms with Crippen LogP contribution in [0, 0.1) is 0 Å². The molecule has 4 nitrogen and oxygen atoms in total. The highest BCUT2D eigenvalue weighted by atomic mass is 32.1. The van der Waals surface area contributed by atoms with Gasteiger partial charge in [-0.3, -0.25) is 9.78 Å². The highest BCUT2D eigenvalue weighted by molar-refractivity contribution is 7.17. The predicted octanol–water partition coefficient (Wildman–Crippen LogP) is 2.86. The summed E-state index contributed by atoms with van der Waals surface area (Å²) in [5, 5.41) is 0.910. The van der Waals surface area contributed by atoms with Crippen LogP contribution in [0.1, 0.15) is 39.7 Å². The molecule has 0 spiro atoms. The largest absolute Gasteiger partial charge is 0.347 e. The van der Waals surface area contributed by atoms with E-state index in [1.165, 1.54) is 11.3 Å². The molecule has 1 aliphatic rings. The number of hydrogen-bond donors (Lipinski definition) is 0. The highest BCUT2D eigenvalue weighted by Crippen LogP contribution is 2.43. The molecule has 0 atom stereocenters. The van der Waals surface area contributed by atoms with Crippen LogP contribution in [0.3, 0.4) is 0 Å². The molecule has 0 saturated heterocycles. The summed E-state index contributed by atoms with van der Waals surface area (Å²) in [5.41, 5.74) is 2.13. The van der Waals surface area contributed by atoms with Gasteiger partial charge in [0.15, 0.2) is 11.4 Å². The van der Waals surface area contributed by atoms with E-state index in [2.05, 4.69) is 14.9 Å². The van der Waals surface area contributed by atoms with Gasteiger partial charge in [0.2, 0.25) is 0 Å². The lowest BCUT2D eigenvalue weighted by atomic mass is 10.2. The molecule has 1 aliphatic carbocycles. The molecule has 0 bridgehead atoms. The summed E-state index contributed by atoms with van der Waals surface area (Å²) in [6, 6.07) is 3.97. The van der Waals surface area contributed by atoms with Crippen LogP contribution in [0.5, 0.6) is 0 Å². The number of rotatable bonds is 5. The van der Waals surface area contributed by atoms with Gasteiger partial charge < -0.3 is 4.90 Å². The first kappa shape index (κ1) is 12.3. The predicted molar refractivity (Wildman–Crippen MR) is 75.8 cm³/mol. The molecule has 2 aromatic heterocycles. The fourth-order valence-corrected chi connectivity index (χ4v) is 2.99. The molecule has 19 heavy (non-hydrogen) atoms. The smallest absolute Gasteiger partial charge is 0.186 e. The SMILES string of the molecule is CN(Cc1cccnc1)c1nc(C2CC2)c(C=O)s1. The Balaban J connectivity index is 1.79. The van der Waals surface area contributed by atoms with Crippen molar-refractivity contribution in [1.29, 1.82) is 0 Å². The summed E-state index contributed by atoms with van der Waals surface area (Å²) in [4.78, 5) is 22.7. The average molecular weight is 273 g/mol. The van der Waals surface area contributed by atoms with E-state index in [1.807, 2.05) is 25.4 Å². The van der Waals surface area contributed by atoms with Gasteiger partial charge in [0.25, 0.3) is 0 Å². The van der Waals surface area contributed by atoms with Crippen molar-refractivity contribution >= 4 is 22.8 Å². The molecular formula is C14H15N3OS. The Labute approximate surface area is 116 Å². The Morgan fingerprint density at radius 3 is 3.00 bits per heavy atom. The molecule has 3 rings (SSSR count). The minimum absolute atomic E-state index is 0.511. The quantitative estimate of drug-likeness (QED) is 0.786. The van der Waals surface area contributed by atoms with Crippen molar-refractivity contribution in [2.45, 2.75) is 25.3 Å². The fraction of sp³-hybridized carbons (Fsp3) is 0.357. The number of aromatic nitrogens is 2. The first-order valence-electron chi connectivity index (χ1n) is 6.34. The van der Waals surface area contributed by atoms with Crippen molar-refractivity contribution in [2.24, 2.45) is 0 Å². The van der Waals surface area contributed by atoms with E-state index < -0.39 is 0 Å². The van der Waals surface area contributed by atoms with E-state index in [0.29, 0.717) is 5.92 Å².